The molecule has 1 aliphatic heterocycles. The topological polar surface area (TPSA) is 47.1 Å². The van der Waals surface area contributed by atoms with E-state index in [4.69, 9.17) is 9.31 Å². The predicted octanol–water partition coefficient (Wildman–Crippen LogP) is 2.00. The fourth-order valence-corrected chi connectivity index (χ4v) is 2.15. The second-order valence-electron chi connectivity index (χ2n) is 5.88. The molecule has 0 unspecified atom stereocenters. The zero-order valence-electron chi connectivity index (χ0n) is 11.5. The van der Waals surface area contributed by atoms with Gasteiger partial charge in [-0.2, -0.15) is 0 Å². The average molecular weight is 262 g/mol. The van der Waals surface area contributed by atoms with Gasteiger partial charge in [-0.1, -0.05) is 0 Å². The molecule has 19 heavy (non-hydrogen) atoms. The van der Waals surface area contributed by atoms with E-state index in [0.717, 1.165) is 5.46 Å². The molecule has 1 aliphatic rings. The molecule has 2 aromatic rings. The van der Waals surface area contributed by atoms with Crippen LogP contribution in [0.5, 0.6) is 0 Å². The van der Waals surface area contributed by atoms with Crippen molar-refractivity contribution in [3.63, 3.8) is 0 Å². The van der Waals surface area contributed by atoms with Crippen molar-refractivity contribution in [2.75, 3.05) is 0 Å². The summed E-state index contributed by atoms with van der Waals surface area (Å²) in [6.45, 7) is 7.98. The third kappa shape index (κ3) is 1.86. The maximum Gasteiger partial charge on any atom is 0.498 e. The summed E-state index contributed by atoms with van der Waals surface area (Å²) in [7, 11) is -0.489. The third-order valence-electron chi connectivity index (χ3n) is 4.02. The smallest absolute Gasteiger partial charge is 0.399 e. The van der Waals surface area contributed by atoms with Gasteiger partial charge in [0.1, 0.15) is 5.82 Å². The Bertz CT molecular complexity index is 623. The molecule has 3 rings (SSSR count). The van der Waals surface area contributed by atoms with E-state index >= 15 is 0 Å². The molecule has 2 aromatic heterocycles. The van der Waals surface area contributed by atoms with Gasteiger partial charge in [0.25, 0.3) is 0 Å². The number of aromatic amines is 1. The van der Waals surface area contributed by atoms with Crippen LogP contribution in [0.15, 0.2) is 18.5 Å². The molecule has 0 radical (unpaired) electrons. The van der Waals surface area contributed by atoms with Gasteiger partial charge in [0, 0.05) is 17.7 Å². The van der Waals surface area contributed by atoms with Crippen molar-refractivity contribution in [3.8, 4) is 0 Å². The summed E-state index contributed by atoms with van der Waals surface area (Å²) in [5.41, 5.74) is 1.32. The summed E-state index contributed by atoms with van der Waals surface area (Å²) in [6, 6.07) is 1.41. The molecule has 0 spiro atoms. The first-order valence-corrected chi connectivity index (χ1v) is 6.28. The summed E-state index contributed by atoms with van der Waals surface area (Å²) >= 11 is 0. The van der Waals surface area contributed by atoms with Gasteiger partial charge in [0.05, 0.1) is 28.4 Å². The first kappa shape index (κ1) is 12.6. The highest BCUT2D eigenvalue weighted by Crippen LogP contribution is 2.36. The van der Waals surface area contributed by atoms with Crippen LogP contribution < -0.4 is 5.46 Å². The highest BCUT2D eigenvalue weighted by molar-refractivity contribution is 6.65. The summed E-state index contributed by atoms with van der Waals surface area (Å²) in [5.74, 6) is -0.366. The van der Waals surface area contributed by atoms with Crippen molar-refractivity contribution in [2.45, 2.75) is 38.9 Å². The molecule has 0 aliphatic carbocycles. The minimum absolute atomic E-state index is 0.366. The van der Waals surface area contributed by atoms with Crippen LogP contribution in [-0.2, 0) is 9.31 Å². The zero-order chi connectivity index (χ0) is 13.8. The van der Waals surface area contributed by atoms with Crippen LogP contribution >= 0.6 is 0 Å². The lowest BCUT2D eigenvalue weighted by Gasteiger charge is -2.32. The van der Waals surface area contributed by atoms with Crippen molar-refractivity contribution in [2.24, 2.45) is 0 Å². The van der Waals surface area contributed by atoms with E-state index in [-0.39, 0.29) is 5.82 Å². The minimum atomic E-state index is -0.489. The summed E-state index contributed by atoms with van der Waals surface area (Å²) in [6.07, 6.45) is 2.96. The quantitative estimate of drug-likeness (QED) is 0.799. The van der Waals surface area contributed by atoms with Gasteiger partial charge < -0.3 is 14.3 Å². The monoisotopic (exact) mass is 262 g/mol. The van der Waals surface area contributed by atoms with Crippen molar-refractivity contribution >= 4 is 23.6 Å². The second kappa shape index (κ2) is 3.80. The normalized spacial score (nSPS) is 21.2. The number of nitrogens with zero attached hydrogens (tertiary/aromatic N) is 1. The Balaban J connectivity index is 2.03. The fraction of sp³-hybridized carbons (Fsp3) is 0.462. The van der Waals surface area contributed by atoms with Crippen LogP contribution in [0.4, 0.5) is 4.39 Å². The van der Waals surface area contributed by atoms with Gasteiger partial charge in [-0.15, -0.1) is 0 Å². The number of pyridine rings is 1. The highest BCUT2D eigenvalue weighted by Gasteiger charge is 2.52. The number of nitrogens with one attached hydrogen (secondary N) is 1. The molecular weight excluding hydrogens is 246 g/mol. The van der Waals surface area contributed by atoms with Crippen molar-refractivity contribution in [1.29, 1.82) is 0 Å². The van der Waals surface area contributed by atoms with Crippen molar-refractivity contribution in [3.05, 3.63) is 24.3 Å². The Morgan fingerprint density at radius 3 is 2.47 bits per heavy atom. The van der Waals surface area contributed by atoms with Crippen molar-refractivity contribution < 1.29 is 13.7 Å². The lowest BCUT2D eigenvalue weighted by molar-refractivity contribution is 0.00578. The molecule has 0 aromatic carbocycles. The zero-order valence-corrected chi connectivity index (χ0v) is 11.5. The van der Waals surface area contributed by atoms with Crippen LogP contribution in [0.25, 0.3) is 11.0 Å². The van der Waals surface area contributed by atoms with E-state index in [1.54, 1.807) is 6.20 Å². The van der Waals surface area contributed by atoms with Crippen LogP contribution in [0.3, 0.4) is 0 Å². The molecule has 0 bridgehead atoms. The molecule has 0 amide bonds. The lowest BCUT2D eigenvalue weighted by atomic mass is 9.80. The van der Waals surface area contributed by atoms with Gasteiger partial charge >= 0.3 is 7.12 Å². The maximum atomic E-state index is 13.1. The van der Waals surface area contributed by atoms with Crippen LogP contribution in [0, 0.1) is 5.82 Å². The third-order valence-corrected chi connectivity index (χ3v) is 4.02. The number of aromatic nitrogens is 2. The Hall–Kier alpha value is -1.40. The molecule has 1 fully saturated rings. The van der Waals surface area contributed by atoms with E-state index in [2.05, 4.69) is 9.97 Å². The predicted molar refractivity (Wildman–Crippen MR) is 71.8 cm³/mol. The molecule has 4 nitrogen and oxygen atoms in total. The Morgan fingerprint density at radius 1 is 1.21 bits per heavy atom. The van der Waals surface area contributed by atoms with Crippen LogP contribution in [0.1, 0.15) is 27.7 Å². The summed E-state index contributed by atoms with van der Waals surface area (Å²) < 4.78 is 25.1. The van der Waals surface area contributed by atoms with E-state index in [9.17, 15) is 4.39 Å². The second-order valence-corrected chi connectivity index (χ2v) is 5.88. The first-order valence-electron chi connectivity index (χ1n) is 6.28. The SMILES string of the molecule is CC1(C)OB(c2c[nH]c3cc(F)cnc23)OC1(C)C. The number of fused-ring (bicyclic) bond motifs is 1. The van der Waals surface area contributed by atoms with Gasteiger partial charge in [-0.05, 0) is 27.7 Å². The number of hydrogen-bond donors (Lipinski definition) is 1. The number of hydrogen-bond acceptors (Lipinski definition) is 3. The number of rotatable bonds is 1. The van der Waals surface area contributed by atoms with E-state index in [1.165, 1.54) is 12.3 Å². The number of H-pyrrole nitrogens is 1. The summed E-state index contributed by atoms with van der Waals surface area (Å²) in [4.78, 5) is 7.11. The van der Waals surface area contributed by atoms with Crippen molar-refractivity contribution in [1.82, 2.24) is 9.97 Å². The molecular formula is C13H16BFN2O2. The molecule has 1 N–H and O–H groups in total. The molecule has 6 heteroatoms. The standard InChI is InChI=1S/C13H16BFN2O2/c1-12(2)13(3,4)19-14(18-12)9-7-16-10-5-8(15)6-17-11(9)10/h5-7,16H,1-4H3. The van der Waals surface area contributed by atoms with Gasteiger partial charge in [-0.25, -0.2) is 4.39 Å². The van der Waals surface area contributed by atoms with Crippen LogP contribution in [-0.4, -0.2) is 28.3 Å². The summed E-state index contributed by atoms with van der Waals surface area (Å²) in [5, 5.41) is 0. The lowest BCUT2D eigenvalue weighted by Crippen LogP contribution is -2.41. The van der Waals surface area contributed by atoms with E-state index in [0.29, 0.717) is 11.0 Å². The van der Waals surface area contributed by atoms with Gasteiger partial charge in [-0.3, -0.25) is 4.98 Å². The molecule has 0 saturated carbocycles. The Morgan fingerprint density at radius 2 is 1.84 bits per heavy atom. The Kier molecular flexibility index (Phi) is 2.53. The maximum absolute atomic E-state index is 13.1. The fourth-order valence-electron chi connectivity index (χ4n) is 2.15. The highest BCUT2D eigenvalue weighted by atomic mass is 19.1. The van der Waals surface area contributed by atoms with E-state index < -0.39 is 18.3 Å². The van der Waals surface area contributed by atoms with Crippen LogP contribution in [0.2, 0.25) is 0 Å². The molecule has 3 heterocycles. The minimum Gasteiger partial charge on any atom is -0.399 e. The molecule has 0 atom stereocenters. The van der Waals surface area contributed by atoms with E-state index in [1.807, 2.05) is 27.7 Å². The average Bonchev–Trinajstić information content (AvgIpc) is 2.77. The first-order chi connectivity index (χ1) is 8.80. The van der Waals surface area contributed by atoms with Gasteiger partial charge in [0.15, 0.2) is 0 Å². The number of halogens is 1. The largest absolute Gasteiger partial charge is 0.498 e. The van der Waals surface area contributed by atoms with Gasteiger partial charge in [0.2, 0.25) is 0 Å². The molecule has 1 saturated heterocycles. The Labute approximate surface area is 111 Å². The molecule has 100 valence electrons.